The Balaban J connectivity index is 1.68. The molecule has 0 bridgehead atoms. The molecule has 0 saturated carbocycles. The Morgan fingerprint density at radius 2 is 1.83 bits per heavy atom. The summed E-state index contributed by atoms with van der Waals surface area (Å²) in [4.78, 5) is 62.4. The van der Waals surface area contributed by atoms with Gasteiger partial charge < -0.3 is 25.0 Å². The number of carbonyl (C=O) groups is 4. The van der Waals surface area contributed by atoms with Gasteiger partial charge in [0, 0.05) is 25.7 Å². The van der Waals surface area contributed by atoms with E-state index in [0.29, 0.717) is 12.8 Å². The molecule has 2 aromatic rings. The van der Waals surface area contributed by atoms with Crippen molar-refractivity contribution in [2.45, 2.75) is 31.3 Å². The Bertz CT molecular complexity index is 1120. The zero-order valence-corrected chi connectivity index (χ0v) is 19.5. The fraction of sp³-hybridized carbons (Fsp3) is 0.333. The number of ether oxygens (including phenoxy) is 1. The maximum Gasteiger partial charge on any atom is 0.413 e. The number of benzene rings is 2. The van der Waals surface area contributed by atoms with E-state index in [1.807, 2.05) is 0 Å². The number of carboxylic acid groups (broad SMARTS) is 1. The summed E-state index contributed by atoms with van der Waals surface area (Å²) in [6.45, 7) is -0.0847. The Hall–Kier alpha value is -4.48. The van der Waals surface area contributed by atoms with Crippen molar-refractivity contribution in [1.29, 1.82) is 0 Å². The van der Waals surface area contributed by atoms with Gasteiger partial charge in [-0.2, -0.15) is 0 Å². The fourth-order valence-electron chi connectivity index (χ4n) is 3.89. The van der Waals surface area contributed by atoms with Crippen LogP contribution in [0.3, 0.4) is 0 Å². The van der Waals surface area contributed by atoms with Gasteiger partial charge in [-0.3, -0.25) is 14.9 Å². The highest BCUT2D eigenvalue weighted by Gasteiger charge is 2.36. The molecular weight excluding hydrogens is 472 g/mol. The van der Waals surface area contributed by atoms with Crippen LogP contribution in [0.2, 0.25) is 0 Å². The molecule has 12 nitrogen and oxygen atoms in total. The third-order valence-electron chi connectivity index (χ3n) is 5.72. The van der Waals surface area contributed by atoms with E-state index in [-0.39, 0.29) is 30.9 Å². The number of non-ortho nitro benzene ring substituents is 1. The van der Waals surface area contributed by atoms with Gasteiger partial charge in [0.15, 0.2) is 5.78 Å². The highest BCUT2D eigenvalue weighted by Crippen LogP contribution is 2.20. The summed E-state index contributed by atoms with van der Waals surface area (Å²) >= 11 is 0. The van der Waals surface area contributed by atoms with E-state index >= 15 is 0 Å². The molecule has 2 aromatic carbocycles. The molecule has 0 aliphatic carbocycles. The molecule has 1 heterocycles. The molecular formula is C24H26N4O8. The average Bonchev–Trinajstić information content (AvgIpc) is 3.34. The van der Waals surface area contributed by atoms with Gasteiger partial charge in [0.1, 0.15) is 11.8 Å². The normalized spacial score (nSPS) is 15.6. The topological polar surface area (TPSA) is 159 Å². The Labute approximate surface area is 206 Å². The van der Waals surface area contributed by atoms with E-state index in [1.165, 1.54) is 36.2 Å². The van der Waals surface area contributed by atoms with Crippen molar-refractivity contribution in [2.24, 2.45) is 0 Å². The molecule has 0 unspecified atom stereocenters. The van der Waals surface area contributed by atoms with Gasteiger partial charge in [-0.1, -0.05) is 30.3 Å². The molecule has 0 aromatic heterocycles. The lowest BCUT2D eigenvalue weighted by atomic mass is 10.0. The first kappa shape index (κ1) is 26.1. The largest absolute Gasteiger partial charge is 0.480 e. The molecule has 12 heteroatoms. The first-order chi connectivity index (χ1) is 17.2. The zero-order valence-electron chi connectivity index (χ0n) is 19.5. The van der Waals surface area contributed by atoms with Gasteiger partial charge in [-0.25, -0.2) is 14.4 Å². The number of likely N-dealkylation sites (N-methyl/N-ethyl adjacent to an activating group) is 1. The lowest BCUT2D eigenvalue weighted by Gasteiger charge is -2.28. The number of urea groups is 1. The van der Waals surface area contributed by atoms with Crippen LogP contribution < -0.4 is 10.1 Å². The molecule has 0 spiro atoms. The standard InChI is InChI=1S/C24H26N4O8/c1-26(24(33)27-13-5-8-20(27)22(30)31)15-21(29)19(14-16-6-3-2-4-7-16)25-23(32)36-18-11-9-17(10-12-18)28(34)35/h2-4,6-7,9-12,19-20H,5,8,13-15H2,1H3,(H,25,32)(H,30,31)/t19-,20-/m0/s1. The molecule has 3 rings (SSSR count). The van der Waals surface area contributed by atoms with E-state index in [1.54, 1.807) is 30.3 Å². The summed E-state index contributed by atoms with van der Waals surface area (Å²) < 4.78 is 5.16. The minimum absolute atomic E-state index is 0.0463. The summed E-state index contributed by atoms with van der Waals surface area (Å²) in [5, 5.41) is 22.6. The number of carbonyl (C=O) groups excluding carboxylic acids is 3. The molecule has 36 heavy (non-hydrogen) atoms. The molecule has 0 radical (unpaired) electrons. The number of carboxylic acids is 1. The van der Waals surface area contributed by atoms with Crippen LogP contribution in [-0.4, -0.2) is 75.9 Å². The van der Waals surface area contributed by atoms with Crippen molar-refractivity contribution in [2.75, 3.05) is 20.1 Å². The minimum atomic E-state index is -1.10. The van der Waals surface area contributed by atoms with E-state index in [0.717, 1.165) is 10.5 Å². The minimum Gasteiger partial charge on any atom is -0.480 e. The van der Waals surface area contributed by atoms with Crippen LogP contribution in [0.15, 0.2) is 54.6 Å². The van der Waals surface area contributed by atoms with Crippen LogP contribution >= 0.6 is 0 Å². The number of likely N-dealkylation sites (tertiary alicyclic amines) is 1. The Kier molecular flexibility index (Phi) is 8.55. The molecule has 190 valence electrons. The van der Waals surface area contributed by atoms with Gasteiger partial charge in [0.05, 0.1) is 17.5 Å². The van der Waals surface area contributed by atoms with Gasteiger partial charge >= 0.3 is 18.1 Å². The maximum atomic E-state index is 13.1. The Morgan fingerprint density at radius 3 is 2.44 bits per heavy atom. The lowest BCUT2D eigenvalue weighted by molar-refractivity contribution is -0.384. The number of nitro groups is 1. The second kappa shape index (κ2) is 11.8. The van der Waals surface area contributed by atoms with Gasteiger partial charge in [-0.05, 0) is 37.0 Å². The van der Waals surface area contributed by atoms with Crippen molar-refractivity contribution in [3.05, 3.63) is 70.3 Å². The molecule has 3 amide bonds. The molecule has 1 fully saturated rings. The fourth-order valence-corrected chi connectivity index (χ4v) is 3.89. The van der Waals surface area contributed by atoms with E-state index in [9.17, 15) is 34.4 Å². The van der Waals surface area contributed by atoms with E-state index < -0.39 is 40.9 Å². The first-order valence-corrected chi connectivity index (χ1v) is 11.2. The summed E-state index contributed by atoms with van der Waals surface area (Å²) in [5.74, 6) is -1.54. The highest BCUT2D eigenvalue weighted by atomic mass is 16.6. The van der Waals surface area contributed by atoms with Gasteiger partial charge in [-0.15, -0.1) is 0 Å². The predicted molar refractivity (Wildman–Crippen MR) is 127 cm³/mol. The van der Waals surface area contributed by atoms with Crippen molar-refractivity contribution < 1.29 is 33.9 Å². The SMILES string of the molecule is CN(CC(=O)[C@H](Cc1ccccc1)NC(=O)Oc1ccc([N+](=O)[O-])cc1)C(=O)N1CCC[C@H]1C(=O)O. The smallest absolute Gasteiger partial charge is 0.413 e. The third kappa shape index (κ3) is 6.78. The summed E-state index contributed by atoms with van der Waals surface area (Å²) in [7, 11) is 1.40. The maximum absolute atomic E-state index is 13.1. The molecule has 1 aliphatic heterocycles. The lowest BCUT2D eigenvalue weighted by Crippen LogP contribution is -2.51. The average molecular weight is 498 g/mol. The summed E-state index contributed by atoms with van der Waals surface area (Å²) in [6.07, 6.45) is 0.0724. The van der Waals surface area contributed by atoms with Crippen molar-refractivity contribution in [3.63, 3.8) is 0 Å². The molecule has 2 N–H and O–H groups in total. The van der Waals surface area contributed by atoms with Gasteiger partial charge in [0.2, 0.25) is 0 Å². The summed E-state index contributed by atoms with van der Waals surface area (Å²) in [5.41, 5.74) is 0.585. The van der Waals surface area contributed by atoms with Gasteiger partial charge in [0.25, 0.3) is 5.69 Å². The molecule has 1 saturated heterocycles. The molecule has 2 atom stereocenters. The number of amides is 3. The highest BCUT2D eigenvalue weighted by molar-refractivity contribution is 5.92. The third-order valence-corrected chi connectivity index (χ3v) is 5.72. The molecule has 1 aliphatic rings. The second-order valence-electron chi connectivity index (χ2n) is 8.32. The van der Waals surface area contributed by atoms with Crippen molar-refractivity contribution in [1.82, 2.24) is 15.1 Å². The summed E-state index contributed by atoms with van der Waals surface area (Å²) in [6, 6.07) is 11.2. The quantitative estimate of drug-likeness (QED) is 0.394. The van der Waals surface area contributed by atoms with E-state index in [2.05, 4.69) is 5.32 Å². The van der Waals surface area contributed by atoms with E-state index in [4.69, 9.17) is 4.74 Å². The number of hydrogen-bond donors (Lipinski definition) is 2. The number of nitrogens with one attached hydrogen (secondary N) is 1. The van der Waals surface area contributed by atoms with Crippen molar-refractivity contribution in [3.8, 4) is 5.75 Å². The number of hydrogen-bond acceptors (Lipinski definition) is 7. The van der Waals surface area contributed by atoms with Crippen LogP contribution in [0.25, 0.3) is 0 Å². The Morgan fingerprint density at radius 1 is 1.17 bits per heavy atom. The first-order valence-electron chi connectivity index (χ1n) is 11.2. The van der Waals surface area contributed by atoms with Crippen LogP contribution in [0.5, 0.6) is 5.75 Å². The number of Topliss-reactive ketones (excluding diaryl/α,β-unsaturated/α-hetero) is 1. The van der Waals surface area contributed by atoms with Crippen LogP contribution in [0.4, 0.5) is 15.3 Å². The number of nitrogens with zero attached hydrogens (tertiary/aromatic N) is 3. The number of nitro benzene ring substituents is 1. The van der Waals surface area contributed by atoms with Crippen LogP contribution in [0.1, 0.15) is 18.4 Å². The van der Waals surface area contributed by atoms with Crippen LogP contribution in [-0.2, 0) is 16.0 Å². The number of rotatable bonds is 9. The monoisotopic (exact) mass is 498 g/mol. The van der Waals surface area contributed by atoms with Crippen LogP contribution in [0, 0.1) is 10.1 Å². The number of aliphatic carboxylic acids is 1. The second-order valence-corrected chi connectivity index (χ2v) is 8.32. The number of ketones is 1. The van der Waals surface area contributed by atoms with Crippen molar-refractivity contribution >= 4 is 29.6 Å². The zero-order chi connectivity index (χ0) is 26.2. The predicted octanol–water partition coefficient (Wildman–Crippen LogP) is 2.46.